The van der Waals surface area contributed by atoms with Crippen molar-refractivity contribution >= 4 is 22.7 Å². The summed E-state index contributed by atoms with van der Waals surface area (Å²) in [7, 11) is 0. The lowest BCUT2D eigenvalue weighted by molar-refractivity contribution is 1.00. The van der Waals surface area contributed by atoms with Crippen LogP contribution in [0.2, 0.25) is 0 Å². The molecule has 0 aliphatic heterocycles. The van der Waals surface area contributed by atoms with Crippen LogP contribution >= 0.6 is 11.8 Å². The predicted molar refractivity (Wildman–Crippen MR) is 53.9 cm³/mol. The van der Waals surface area contributed by atoms with E-state index in [1.165, 1.54) is 0 Å². The fourth-order valence-electron chi connectivity index (χ4n) is 1.17. The Bertz CT molecular complexity index is 442. The van der Waals surface area contributed by atoms with Gasteiger partial charge in [0.2, 0.25) is 0 Å². The summed E-state index contributed by atoms with van der Waals surface area (Å²) >= 11 is 1.55. The Morgan fingerprint density at radius 1 is 1.31 bits per heavy atom. The van der Waals surface area contributed by atoms with Gasteiger partial charge in [0, 0.05) is 23.5 Å². The Labute approximate surface area is 80.6 Å². The lowest BCUT2D eigenvalue weighted by Crippen LogP contribution is -1.90. The van der Waals surface area contributed by atoms with Crippen molar-refractivity contribution < 1.29 is 0 Å². The van der Waals surface area contributed by atoms with Gasteiger partial charge in [0.25, 0.3) is 0 Å². The maximum atomic E-state index is 4.37. The van der Waals surface area contributed by atoms with E-state index in [-0.39, 0.29) is 0 Å². The minimum Gasteiger partial charge on any atom is -0.261 e. The van der Waals surface area contributed by atoms with Gasteiger partial charge in [-0.2, -0.15) is 0 Å². The van der Waals surface area contributed by atoms with E-state index in [1.54, 1.807) is 18.0 Å². The minimum atomic E-state index is 0.804. The van der Waals surface area contributed by atoms with E-state index in [1.807, 2.05) is 25.4 Å². The molecule has 0 N–H and O–H groups in total. The highest BCUT2D eigenvalue weighted by atomic mass is 32.2. The number of rotatable bonds is 1. The van der Waals surface area contributed by atoms with Gasteiger partial charge < -0.3 is 0 Å². The maximum absolute atomic E-state index is 4.37. The number of thioether (sulfide) groups is 1. The molecule has 0 amide bonds. The Balaban J connectivity index is 2.72. The summed E-state index contributed by atoms with van der Waals surface area (Å²) in [5.41, 5.74) is 1.94. The first-order valence-corrected chi connectivity index (χ1v) is 5.16. The first-order valence-electron chi connectivity index (χ1n) is 3.93. The average molecular weight is 191 g/mol. The number of fused-ring (bicyclic) bond motifs is 1. The number of pyridine rings is 1. The summed E-state index contributed by atoms with van der Waals surface area (Å²) in [6, 6.07) is 1.91. The summed E-state index contributed by atoms with van der Waals surface area (Å²) in [5.74, 6) is 0. The van der Waals surface area contributed by atoms with Crippen LogP contribution in [0.1, 0.15) is 5.69 Å². The second-order valence-corrected chi connectivity index (χ2v) is 3.46. The molecule has 4 heteroatoms. The fraction of sp³-hybridized carbons (Fsp3) is 0.222. The van der Waals surface area contributed by atoms with Crippen molar-refractivity contribution in [1.29, 1.82) is 0 Å². The van der Waals surface area contributed by atoms with E-state index >= 15 is 0 Å². The first kappa shape index (κ1) is 8.44. The molecule has 3 nitrogen and oxygen atoms in total. The fourth-order valence-corrected chi connectivity index (χ4v) is 1.52. The molecule has 2 aromatic rings. The second-order valence-electron chi connectivity index (χ2n) is 2.69. The van der Waals surface area contributed by atoms with E-state index in [0.29, 0.717) is 0 Å². The number of hydrogen-bond acceptors (Lipinski definition) is 4. The first-order chi connectivity index (χ1) is 6.31. The standard InChI is InChI=1S/C9H9N3S/c1-6-7-5-11-9(13-2)12-8(7)3-4-10-6/h3-5H,1-2H3. The van der Waals surface area contributed by atoms with Crippen LogP contribution in [0.3, 0.4) is 0 Å². The van der Waals surface area contributed by atoms with Crippen molar-refractivity contribution in [3.05, 3.63) is 24.2 Å². The smallest absolute Gasteiger partial charge is 0.187 e. The van der Waals surface area contributed by atoms with Crippen LogP contribution in [0.5, 0.6) is 0 Å². The van der Waals surface area contributed by atoms with Crippen LogP contribution in [0.4, 0.5) is 0 Å². The molecular weight excluding hydrogens is 182 g/mol. The van der Waals surface area contributed by atoms with Crippen molar-refractivity contribution in [3.8, 4) is 0 Å². The highest BCUT2D eigenvalue weighted by molar-refractivity contribution is 7.98. The van der Waals surface area contributed by atoms with Gasteiger partial charge in [0.05, 0.1) is 5.52 Å². The zero-order valence-electron chi connectivity index (χ0n) is 7.48. The van der Waals surface area contributed by atoms with Crippen LogP contribution in [0.25, 0.3) is 10.9 Å². The zero-order valence-corrected chi connectivity index (χ0v) is 8.30. The topological polar surface area (TPSA) is 38.7 Å². The minimum absolute atomic E-state index is 0.804. The normalized spacial score (nSPS) is 10.6. The highest BCUT2D eigenvalue weighted by Crippen LogP contribution is 2.16. The lowest BCUT2D eigenvalue weighted by atomic mass is 10.2. The summed E-state index contributed by atoms with van der Waals surface area (Å²) in [6.45, 7) is 1.96. The number of aryl methyl sites for hydroxylation is 1. The summed E-state index contributed by atoms with van der Waals surface area (Å²) < 4.78 is 0. The molecule has 13 heavy (non-hydrogen) atoms. The van der Waals surface area contributed by atoms with Gasteiger partial charge in [-0.3, -0.25) is 4.98 Å². The summed E-state index contributed by atoms with van der Waals surface area (Å²) in [6.07, 6.45) is 5.57. The van der Waals surface area contributed by atoms with Crippen molar-refractivity contribution in [2.45, 2.75) is 12.1 Å². The van der Waals surface area contributed by atoms with Crippen molar-refractivity contribution in [3.63, 3.8) is 0 Å². The summed E-state index contributed by atoms with van der Waals surface area (Å²) in [5, 5.41) is 1.83. The van der Waals surface area contributed by atoms with Gasteiger partial charge in [-0.25, -0.2) is 9.97 Å². The third kappa shape index (κ3) is 1.49. The molecule has 0 saturated carbocycles. The molecule has 2 rings (SSSR count). The quantitative estimate of drug-likeness (QED) is 0.511. The average Bonchev–Trinajstić information content (AvgIpc) is 2.18. The van der Waals surface area contributed by atoms with Crippen LogP contribution in [-0.4, -0.2) is 21.2 Å². The SMILES string of the molecule is CSc1ncc2c(C)nccc2n1. The van der Waals surface area contributed by atoms with Gasteiger partial charge >= 0.3 is 0 Å². The molecule has 0 saturated heterocycles. The molecular formula is C9H9N3S. The maximum Gasteiger partial charge on any atom is 0.187 e. The zero-order chi connectivity index (χ0) is 9.26. The molecule has 0 spiro atoms. The Morgan fingerprint density at radius 3 is 2.92 bits per heavy atom. The van der Waals surface area contributed by atoms with E-state index in [9.17, 15) is 0 Å². The van der Waals surface area contributed by atoms with Gasteiger partial charge in [-0.05, 0) is 19.2 Å². The van der Waals surface area contributed by atoms with Crippen LogP contribution in [0.15, 0.2) is 23.6 Å². The van der Waals surface area contributed by atoms with Crippen LogP contribution < -0.4 is 0 Å². The second kappa shape index (κ2) is 3.30. The van der Waals surface area contributed by atoms with E-state index < -0.39 is 0 Å². The van der Waals surface area contributed by atoms with Gasteiger partial charge in [-0.1, -0.05) is 11.8 Å². The molecule has 0 radical (unpaired) electrons. The Kier molecular flexibility index (Phi) is 2.14. The van der Waals surface area contributed by atoms with Crippen LogP contribution in [0, 0.1) is 6.92 Å². The Morgan fingerprint density at radius 2 is 2.15 bits per heavy atom. The van der Waals surface area contributed by atoms with E-state index in [2.05, 4.69) is 15.0 Å². The van der Waals surface area contributed by atoms with Crippen molar-refractivity contribution in [2.24, 2.45) is 0 Å². The molecule has 0 aliphatic rings. The summed E-state index contributed by atoms with van der Waals surface area (Å²) in [4.78, 5) is 12.7. The van der Waals surface area contributed by atoms with E-state index in [4.69, 9.17) is 0 Å². The largest absolute Gasteiger partial charge is 0.261 e. The van der Waals surface area contributed by atoms with Crippen LogP contribution in [-0.2, 0) is 0 Å². The number of aromatic nitrogens is 3. The molecule has 0 fully saturated rings. The molecule has 0 unspecified atom stereocenters. The molecule has 0 aliphatic carbocycles. The predicted octanol–water partition coefficient (Wildman–Crippen LogP) is 2.06. The molecule has 0 bridgehead atoms. The van der Waals surface area contributed by atoms with Gasteiger partial charge in [0.1, 0.15) is 0 Å². The monoisotopic (exact) mass is 191 g/mol. The molecule has 2 heterocycles. The third-order valence-electron chi connectivity index (χ3n) is 1.87. The van der Waals surface area contributed by atoms with Crippen molar-refractivity contribution in [1.82, 2.24) is 15.0 Å². The Hall–Kier alpha value is -1.16. The molecule has 2 aromatic heterocycles. The number of nitrogens with zero attached hydrogens (tertiary/aromatic N) is 3. The van der Waals surface area contributed by atoms with E-state index in [0.717, 1.165) is 21.8 Å². The lowest BCUT2D eigenvalue weighted by Gasteiger charge is -2.00. The molecule has 0 aromatic carbocycles. The molecule has 66 valence electrons. The van der Waals surface area contributed by atoms with Crippen molar-refractivity contribution in [2.75, 3.05) is 6.26 Å². The highest BCUT2D eigenvalue weighted by Gasteiger charge is 2.00. The van der Waals surface area contributed by atoms with Gasteiger partial charge in [0.15, 0.2) is 5.16 Å². The molecule has 0 atom stereocenters. The third-order valence-corrected chi connectivity index (χ3v) is 2.43. The number of hydrogen-bond donors (Lipinski definition) is 0. The van der Waals surface area contributed by atoms with Gasteiger partial charge in [-0.15, -0.1) is 0 Å².